The first-order valence-corrected chi connectivity index (χ1v) is 13.6. The van der Waals surface area contributed by atoms with E-state index in [2.05, 4.69) is 57.0 Å². The van der Waals surface area contributed by atoms with E-state index in [9.17, 15) is 4.79 Å². The zero-order chi connectivity index (χ0) is 26.3. The number of carbonyl (C=O) groups is 1. The van der Waals surface area contributed by atoms with Gasteiger partial charge in [0, 0.05) is 30.3 Å². The fourth-order valence-electron chi connectivity index (χ4n) is 4.24. The van der Waals surface area contributed by atoms with E-state index in [1.54, 1.807) is 12.1 Å². The molecule has 1 aromatic heterocycles. The van der Waals surface area contributed by atoms with Crippen molar-refractivity contribution >= 4 is 32.4 Å². The Morgan fingerprint density at radius 1 is 1.31 bits per heavy atom. The van der Waals surface area contributed by atoms with Gasteiger partial charge in [-0.05, 0) is 69.9 Å². The molecule has 1 saturated carbocycles. The Kier molecular flexibility index (Phi) is 10.1. The molecule has 0 bridgehead atoms. The zero-order valence-corrected chi connectivity index (χ0v) is 23.8. The summed E-state index contributed by atoms with van der Waals surface area (Å²) in [5.74, 6) is 1.75. The van der Waals surface area contributed by atoms with Gasteiger partial charge in [-0.3, -0.25) is 9.69 Å². The minimum atomic E-state index is -0.00878. The highest BCUT2D eigenvalue weighted by atomic mass is 35.5. The number of rotatable bonds is 7. The number of likely N-dealkylation sites (tertiary alicyclic amines) is 1. The lowest BCUT2D eigenvalue weighted by molar-refractivity contribution is -0.117. The molecule has 2 aromatic rings. The average molecular weight is 528 g/mol. The van der Waals surface area contributed by atoms with Gasteiger partial charge < -0.3 is 9.88 Å². The van der Waals surface area contributed by atoms with Crippen LogP contribution in [-0.2, 0) is 17.3 Å². The third-order valence-electron chi connectivity index (χ3n) is 6.49. The van der Waals surface area contributed by atoms with Crippen molar-refractivity contribution in [2.45, 2.75) is 57.5 Å². The molecule has 194 valence electrons. The molecular formula is C28H39ClN5OP. The van der Waals surface area contributed by atoms with Crippen molar-refractivity contribution in [3.05, 3.63) is 65.5 Å². The van der Waals surface area contributed by atoms with E-state index in [-0.39, 0.29) is 11.3 Å². The second kappa shape index (κ2) is 12.8. The third-order valence-corrected chi connectivity index (χ3v) is 7.35. The van der Waals surface area contributed by atoms with Crippen LogP contribution in [0.2, 0.25) is 5.02 Å². The summed E-state index contributed by atoms with van der Waals surface area (Å²) in [6, 6.07) is 5.57. The second-order valence-electron chi connectivity index (χ2n) is 10.2. The van der Waals surface area contributed by atoms with Gasteiger partial charge >= 0.3 is 0 Å². The molecule has 2 unspecified atom stereocenters. The summed E-state index contributed by atoms with van der Waals surface area (Å²) in [6.45, 7) is 12.2. The van der Waals surface area contributed by atoms with Crippen LogP contribution in [0.3, 0.4) is 0 Å². The Morgan fingerprint density at radius 3 is 2.67 bits per heavy atom. The van der Waals surface area contributed by atoms with Crippen molar-refractivity contribution in [2.24, 2.45) is 7.05 Å². The van der Waals surface area contributed by atoms with Crippen molar-refractivity contribution in [2.75, 3.05) is 25.0 Å². The largest absolute Gasteiger partial charge is 0.325 e. The number of carbonyl (C=O) groups excluding carboxylic acids is 1. The highest BCUT2D eigenvalue weighted by molar-refractivity contribution is 7.17. The van der Waals surface area contributed by atoms with Gasteiger partial charge in [-0.2, -0.15) is 0 Å². The zero-order valence-electron chi connectivity index (χ0n) is 21.9. The molecule has 1 amide bonds. The van der Waals surface area contributed by atoms with Gasteiger partial charge in [0.15, 0.2) is 5.82 Å². The first-order chi connectivity index (χ1) is 17.1. The van der Waals surface area contributed by atoms with Crippen molar-refractivity contribution in [1.29, 1.82) is 0 Å². The van der Waals surface area contributed by atoms with Crippen molar-refractivity contribution in [3.8, 4) is 11.4 Å². The molecule has 1 N–H and O–H groups in total. The van der Waals surface area contributed by atoms with Crippen LogP contribution in [-0.4, -0.2) is 50.9 Å². The summed E-state index contributed by atoms with van der Waals surface area (Å²) >= 11 is 6.52. The summed E-state index contributed by atoms with van der Waals surface area (Å²) in [6.07, 6.45) is 12.3. The molecule has 1 aliphatic heterocycles. The summed E-state index contributed by atoms with van der Waals surface area (Å²) in [5, 5.41) is 12.3. The second-order valence-corrected chi connectivity index (χ2v) is 11.6. The van der Waals surface area contributed by atoms with Gasteiger partial charge in [0.2, 0.25) is 5.91 Å². The monoisotopic (exact) mass is 527 g/mol. The lowest BCUT2D eigenvalue weighted by atomic mass is 10.1. The van der Waals surface area contributed by atoms with E-state index in [0.717, 1.165) is 49.6 Å². The number of nitrogens with one attached hydrogen (secondary N) is 1. The van der Waals surface area contributed by atoms with Crippen molar-refractivity contribution < 1.29 is 4.79 Å². The molecule has 1 saturated heterocycles. The number of amides is 1. The minimum absolute atomic E-state index is 0.00878. The summed E-state index contributed by atoms with van der Waals surface area (Å²) in [7, 11) is 4.85. The number of aromatic nitrogens is 3. The molecule has 6 nitrogen and oxygen atoms in total. The number of piperidine rings is 1. The smallest absolute Gasteiger partial charge is 0.238 e. The Bertz CT molecular complexity index is 1130. The van der Waals surface area contributed by atoms with Gasteiger partial charge in [0.25, 0.3) is 0 Å². The number of anilines is 1. The van der Waals surface area contributed by atoms with Crippen LogP contribution < -0.4 is 5.32 Å². The van der Waals surface area contributed by atoms with Crippen LogP contribution in [0.15, 0.2) is 54.7 Å². The Balaban J connectivity index is 0.000000392. The van der Waals surface area contributed by atoms with E-state index in [0.29, 0.717) is 22.9 Å². The van der Waals surface area contributed by atoms with E-state index >= 15 is 0 Å². The molecular weight excluding hydrogens is 489 g/mol. The molecule has 1 aromatic carbocycles. The summed E-state index contributed by atoms with van der Waals surface area (Å²) in [5.41, 5.74) is 3.56. The van der Waals surface area contributed by atoms with Crippen LogP contribution in [0.25, 0.3) is 11.4 Å². The van der Waals surface area contributed by atoms with Gasteiger partial charge in [0.1, 0.15) is 5.82 Å². The summed E-state index contributed by atoms with van der Waals surface area (Å²) in [4.78, 5) is 14.6. The topological polar surface area (TPSA) is 63.1 Å². The fourth-order valence-corrected chi connectivity index (χ4v) is 5.04. The predicted octanol–water partition coefficient (Wildman–Crippen LogP) is 6.16. The molecule has 1 aliphatic carbocycles. The van der Waals surface area contributed by atoms with Gasteiger partial charge in [-0.1, -0.05) is 55.0 Å². The molecule has 0 spiro atoms. The first-order valence-electron chi connectivity index (χ1n) is 12.5. The number of halogens is 1. The third kappa shape index (κ3) is 7.86. The number of benzene rings is 1. The van der Waals surface area contributed by atoms with Crippen LogP contribution in [0, 0.1) is 0 Å². The first kappa shape index (κ1) is 28.3. The molecule has 4 rings (SSSR count). The van der Waals surface area contributed by atoms with Crippen LogP contribution >= 0.6 is 20.8 Å². The van der Waals surface area contributed by atoms with Crippen LogP contribution in [0.1, 0.15) is 52.3 Å². The standard InChI is InChI=1S/C20H27ClN5OP.C8H12/c1-20(7-8-20)19-24-23-18(25(19)2)15-6-5-13(10-16(15)21)22-17(27)12-26-9-3-4-14(28)11-26;1-4-5-6-7-8(2)3/h5-6,10,14H,3-4,7-9,11-12,28H2,1-2H3,(H,22,27);4-7H,1H2,2-3H3/b;6-5-. The highest BCUT2D eigenvalue weighted by Crippen LogP contribution is 2.47. The van der Waals surface area contributed by atoms with Crippen molar-refractivity contribution in [1.82, 2.24) is 19.7 Å². The molecule has 2 heterocycles. The van der Waals surface area contributed by atoms with Gasteiger partial charge in [-0.15, -0.1) is 19.4 Å². The molecule has 2 aliphatic rings. The normalized spacial score (nSPS) is 18.8. The number of hydrogen-bond donors (Lipinski definition) is 1. The fraction of sp³-hybridized carbons (Fsp3) is 0.464. The Labute approximate surface area is 223 Å². The van der Waals surface area contributed by atoms with Gasteiger partial charge in [-0.25, -0.2) is 0 Å². The maximum Gasteiger partial charge on any atom is 0.238 e. The lowest BCUT2D eigenvalue weighted by Crippen LogP contribution is -2.40. The average Bonchev–Trinajstić information content (AvgIpc) is 3.43. The maximum atomic E-state index is 12.4. The van der Waals surface area contributed by atoms with E-state index in [4.69, 9.17) is 11.6 Å². The van der Waals surface area contributed by atoms with Crippen LogP contribution in [0.4, 0.5) is 5.69 Å². The van der Waals surface area contributed by atoms with E-state index in [1.165, 1.54) is 12.0 Å². The maximum absolute atomic E-state index is 12.4. The Hall–Kier alpha value is -2.27. The number of nitrogens with zero attached hydrogens (tertiary/aromatic N) is 4. The van der Waals surface area contributed by atoms with E-state index in [1.807, 2.05) is 42.0 Å². The van der Waals surface area contributed by atoms with Crippen molar-refractivity contribution in [3.63, 3.8) is 0 Å². The van der Waals surface area contributed by atoms with Crippen LogP contribution in [0.5, 0.6) is 0 Å². The lowest BCUT2D eigenvalue weighted by Gasteiger charge is -2.29. The van der Waals surface area contributed by atoms with Gasteiger partial charge in [0.05, 0.1) is 11.6 Å². The minimum Gasteiger partial charge on any atom is -0.325 e. The molecule has 36 heavy (non-hydrogen) atoms. The quantitative estimate of drug-likeness (QED) is 0.346. The molecule has 2 atom stereocenters. The summed E-state index contributed by atoms with van der Waals surface area (Å²) < 4.78 is 2.03. The molecule has 0 radical (unpaired) electrons. The highest BCUT2D eigenvalue weighted by Gasteiger charge is 2.43. The Morgan fingerprint density at radius 2 is 2.06 bits per heavy atom. The molecule has 2 fully saturated rings. The number of allylic oxidation sites excluding steroid dienone is 5. The number of hydrogen-bond acceptors (Lipinski definition) is 4. The predicted molar refractivity (Wildman–Crippen MR) is 155 cm³/mol. The molecule has 8 heteroatoms. The SMILES string of the molecule is C=C/C=C\C=C(C)C.Cn1c(-c2ccc(NC(=O)CN3CCCC(P)C3)cc2Cl)nnc1C1(C)CC1. The van der Waals surface area contributed by atoms with E-state index < -0.39 is 0 Å².